The van der Waals surface area contributed by atoms with Crippen molar-refractivity contribution in [3.05, 3.63) is 170 Å². The van der Waals surface area contributed by atoms with E-state index >= 15 is 0 Å². The van der Waals surface area contributed by atoms with Crippen LogP contribution in [0, 0.1) is 41.5 Å². The second kappa shape index (κ2) is 13.2. The van der Waals surface area contributed by atoms with Crippen molar-refractivity contribution in [2.75, 3.05) is 9.80 Å². The first-order chi connectivity index (χ1) is 27.8. The fraction of sp³-hybridized carbons (Fsp3) is 0.333. The normalized spacial score (nSPS) is 20.2. The van der Waals surface area contributed by atoms with Crippen LogP contribution in [0.1, 0.15) is 115 Å². The molecular formula is C54H58N4O. The summed E-state index contributed by atoms with van der Waals surface area (Å²) in [6, 6.07) is 35.9. The summed E-state index contributed by atoms with van der Waals surface area (Å²) in [7, 11) is 0. The average molecular weight is 779 g/mol. The number of pyridine rings is 1. The number of aliphatic imine (C=N–C) groups is 1. The van der Waals surface area contributed by atoms with E-state index in [-0.39, 0.29) is 21.9 Å². The quantitative estimate of drug-likeness (QED) is 0.175. The van der Waals surface area contributed by atoms with E-state index in [0.717, 1.165) is 57.6 Å². The maximum Gasteiger partial charge on any atom is 0.141 e. The number of amidine groups is 1. The van der Waals surface area contributed by atoms with Gasteiger partial charge in [0, 0.05) is 40.9 Å². The van der Waals surface area contributed by atoms with Crippen molar-refractivity contribution in [2.45, 2.75) is 118 Å². The molecule has 5 aromatic carbocycles. The SMILES string of the molecule is Cc1cc(Oc2cc(C3=N[C@]4(C)Cc5ccccc5[C@]4(C)N3c3c(C)cc(C)cc3C)c(C)cc2C)cc(N2c3ccc(C(C)(C)C)cc3C(C)(C)c3cccnc32)c1. The van der Waals surface area contributed by atoms with Crippen molar-refractivity contribution in [3.8, 4) is 11.5 Å². The molecule has 0 fully saturated rings. The van der Waals surface area contributed by atoms with Gasteiger partial charge in [0.15, 0.2) is 0 Å². The highest BCUT2D eigenvalue weighted by Crippen LogP contribution is 2.57. The molecule has 6 aromatic rings. The molecule has 0 amide bonds. The van der Waals surface area contributed by atoms with Crippen LogP contribution in [0.2, 0.25) is 0 Å². The van der Waals surface area contributed by atoms with Crippen LogP contribution in [-0.4, -0.2) is 16.4 Å². The van der Waals surface area contributed by atoms with Gasteiger partial charge in [0.05, 0.1) is 22.5 Å². The molecule has 0 saturated heterocycles. The van der Waals surface area contributed by atoms with E-state index in [2.05, 4.69) is 197 Å². The van der Waals surface area contributed by atoms with Gasteiger partial charge in [0.2, 0.25) is 0 Å². The van der Waals surface area contributed by atoms with Gasteiger partial charge in [0.1, 0.15) is 23.2 Å². The summed E-state index contributed by atoms with van der Waals surface area (Å²) < 4.78 is 7.04. The highest BCUT2D eigenvalue weighted by atomic mass is 16.5. The van der Waals surface area contributed by atoms with Gasteiger partial charge >= 0.3 is 0 Å². The van der Waals surface area contributed by atoms with Gasteiger partial charge in [-0.25, -0.2) is 4.98 Å². The molecule has 2 atom stereocenters. The van der Waals surface area contributed by atoms with Crippen molar-refractivity contribution >= 4 is 28.7 Å². The van der Waals surface area contributed by atoms with Gasteiger partial charge in [-0.1, -0.05) is 101 Å². The van der Waals surface area contributed by atoms with Crippen molar-refractivity contribution in [3.63, 3.8) is 0 Å². The van der Waals surface area contributed by atoms with E-state index in [9.17, 15) is 0 Å². The minimum Gasteiger partial charge on any atom is -0.457 e. The molecule has 0 spiro atoms. The molecule has 3 heterocycles. The zero-order valence-electron chi connectivity index (χ0n) is 37.2. The molecule has 0 unspecified atom stereocenters. The molecule has 5 heteroatoms. The molecule has 9 rings (SSSR count). The second-order valence-corrected chi connectivity index (χ2v) is 19.6. The molecule has 5 nitrogen and oxygen atoms in total. The van der Waals surface area contributed by atoms with Gasteiger partial charge in [-0.3, -0.25) is 9.89 Å². The first kappa shape index (κ1) is 38.8. The van der Waals surface area contributed by atoms with E-state index in [1.54, 1.807) is 0 Å². The Kier molecular flexibility index (Phi) is 8.66. The van der Waals surface area contributed by atoms with Crippen LogP contribution in [0.5, 0.6) is 11.5 Å². The summed E-state index contributed by atoms with van der Waals surface area (Å²) in [5.74, 6) is 3.56. The molecule has 300 valence electrons. The number of anilines is 4. The predicted octanol–water partition coefficient (Wildman–Crippen LogP) is 13.6. The van der Waals surface area contributed by atoms with Crippen LogP contribution in [0.4, 0.5) is 22.9 Å². The monoisotopic (exact) mass is 778 g/mol. The fourth-order valence-corrected chi connectivity index (χ4v) is 10.5. The van der Waals surface area contributed by atoms with Crippen LogP contribution in [0.3, 0.4) is 0 Å². The van der Waals surface area contributed by atoms with Crippen molar-refractivity contribution in [2.24, 2.45) is 4.99 Å². The maximum atomic E-state index is 7.04. The van der Waals surface area contributed by atoms with E-state index < -0.39 is 0 Å². The molecule has 0 bridgehead atoms. The number of ether oxygens (including phenoxy) is 1. The van der Waals surface area contributed by atoms with Crippen LogP contribution in [-0.2, 0) is 22.8 Å². The number of benzene rings is 5. The summed E-state index contributed by atoms with van der Waals surface area (Å²) in [4.78, 5) is 15.7. The highest BCUT2D eigenvalue weighted by molar-refractivity contribution is 6.15. The molecule has 0 radical (unpaired) electrons. The minimum atomic E-state index is -0.384. The minimum absolute atomic E-state index is 0.0256. The summed E-state index contributed by atoms with van der Waals surface area (Å²) in [5, 5.41) is 0. The van der Waals surface area contributed by atoms with Gasteiger partial charge < -0.3 is 9.64 Å². The Morgan fingerprint density at radius 3 is 2.08 bits per heavy atom. The summed E-state index contributed by atoms with van der Waals surface area (Å²) >= 11 is 0. The number of fused-ring (bicyclic) bond motifs is 5. The van der Waals surface area contributed by atoms with Crippen molar-refractivity contribution in [1.29, 1.82) is 0 Å². The van der Waals surface area contributed by atoms with Gasteiger partial charge in [-0.15, -0.1) is 0 Å². The molecule has 2 aliphatic heterocycles. The summed E-state index contributed by atoms with van der Waals surface area (Å²) in [5.41, 5.74) is 17.2. The van der Waals surface area contributed by atoms with Crippen LogP contribution >= 0.6 is 0 Å². The third-order valence-electron chi connectivity index (χ3n) is 13.7. The van der Waals surface area contributed by atoms with E-state index in [0.29, 0.717) is 0 Å². The highest BCUT2D eigenvalue weighted by Gasteiger charge is 2.61. The Morgan fingerprint density at radius 1 is 0.661 bits per heavy atom. The first-order valence-electron chi connectivity index (χ1n) is 21.2. The number of hydrogen-bond acceptors (Lipinski definition) is 5. The molecule has 59 heavy (non-hydrogen) atoms. The van der Waals surface area contributed by atoms with Crippen molar-refractivity contribution in [1.82, 2.24) is 4.98 Å². The second-order valence-electron chi connectivity index (χ2n) is 19.6. The molecule has 1 aromatic heterocycles. The Balaban J connectivity index is 1.16. The lowest BCUT2D eigenvalue weighted by atomic mass is 9.72. The first-order valence-corrected chi connectivity index (χ1v) is 21.2. The fourth-order valence-electron chi connectivity index (χ4n) is 10.5. The number of aryl methyl sites for hydroxylation is 6. The van der Waals surface area contributed by atoms with Gasteiger partial charge in [-0.05, 0) is 141 Å². The lowest BCUT2D eigenvalue weighted by molar-refractivity contribution is 0.321. The van der Waals surface area contributed by atoms with E-state index in [4.69, 9.17) is 14.7 Å². The van der Waals surface area contributed by atoms with Gasteiger partial charge in [-0.2, -0.15) is 0 Å². The number of aromatic nitrogens is 1. The van der Waals surface area contributed by atoms with E-state index in [1.165, 1.54) is 55.8 Å². The summed E-state index contributed by atoms with van der Waals surface area (Å²) in [6.07, 6.45) is 2.79. The van der Waals surface area contributed by atoms with E-state index in [1.807, 2.05) is 6.20 Å². The topological polar surface area (TPSA) is 41.0 Å². The number of nitrogens with zero attached hydrogens (tertiary/aromatic N) is 4. The zero-order chi connectivity index (χ0) is 42.0. The lowest BCUT2D eigenvalue weighted by Gasteiger charge is -2.43. The number of rotatable bonds is 5. The predicted molar refractivity (Wildman–Crippen MR) is 246 cm³/mol. The van der Waals surface area contributed by atoms with Crippen LogP contribution in [0.15, 0.2) is 108 Å². The Labute approximate surface area is 351 Å². The standard InChI is InChI=1S/C54H58N4O/c1-32-23-36(5)48(37(6)24-32)58-49(56-53(12)31-38-17-14-15-18-43(38)54(53,58)13)42-30-47(35(4)27-34(42)3)59-41-26-33(2)25-40(29-41)57-46-21-20-39(51(7,8)9)28-45(46)52(10,11)44-19-16-22-55-50(44)57/h14-30H,31H2,1-13H3/t53-,54+/m1/s1. The lowest BCUT2D eigenvalue weighted by Crippen LogP contribution is -2.52. The smallest absolute Gasteiger partial charge is 0.141 e. The molecule has 1 aliphatic carbocycles. The van der Waals surface area contributed by atoms with Crippen LogP contribution in [0.25, 0.3) is 0 Å². The molecule has 3 aliphatic rings. The Morgan fingerprint density at radius 2 is 1.36 bits per heavy atom. The van der Waals surface area contributed by atoms with Crippen LogP contribution < -0.4 is 14.5 Å². The number of hydrogen-bond donors (Lipinski definition) is 0. The molecule has 0 N–H and O–H groups in total. The zero-order valence-corrected chi connectivity index (χ0v) is 37.2. The molecular weight excluding hydrogens is 721 g/mol. The summed E-state index contributed by atoms with van der Waals surface area (Å²) in [6.45, 7) is 29.4. The average Bonchev–Trinajstić information content (AvgIpc) is 3.52. The third-order valence-corrected chi connectivity index (χ3v) is 13.7. The molecule has 0 saturated carbocycles. The Bertz CT molecular complexity index is 2730. The Hall–Kier alpha value is -5.68. The van der Waals surface area contributed by atoms with Gasteiger partial charge in [0.25, 0.3) is 0 Å². The largest absolute Gasteiger partial charge is 0.457 e. The third kappa shape index (κ3) is 5.86. The van der Waals surface area contributed by atoms with Crippen molar-refractivity contribution < 1.29 is 4.74 Å². The maximum absolute atomic E-state index is 7.04.